The quantitative estimate of drug-likeness (QED) is 0.412. The molecule has 1 aliphatic carbocycles. The number of benzene rings is 1. The zero-order valence-electron chi connectivity index (χ0n) is 21.2. The Morgan fingerprint density at radius 1 is 1.08 bits per heavy atom. The minimum absolute atomic E-state index is 0.0259. The van der Waals surface area contributed by atoms with Crippen molar-refractivity contribution < 1.29 is 23.0 Å². The predicted molar refractivity (Wildman–Crippen MR) is 137 cm³/mol. The zero-order valence-corrected chi connectivity index (χ0v) is 21.2. The molecule has 1 N–H and O–H groups in total. The van der Waals surface area contributed by atoms with E-state index in [1.54, 1.807) is 30.2 Å². The van der Waals surface area contributed by atoms with Crippen molar-refractivity contribution >= 4 is 11.7 Å². The lowest BCUT2D eigenvalue weighted by molar-refractivity contribution is -0.125. The molecule has 3 heterocycles. The van der Waals surface area contributed by atoms with Crippen molar-refractivity contribution in [2.24, 2.45) is 5.92 Å². The molecule has 1 amide bonds. The van der Waals surface area contributed by atoms with Gasteiger partial charge in [0.1, 0.15) is 18.2 Å². The van der Waals surface area contributed by atoms with Gasteiger partial charge in [0.05, 0.1) is 42.9 Å². The number of anilines is 1. The number of nitrogens with zero attached hydrogens (tertiary/aromatic N) is 4. The maximum absolute atomic E-state index is 14.9. The van der Waals surface area contributed by atoms with Crippen molar-refractivity contribution in [1.29, 1.82) is 0 Å². The Bertz CT molecular complexity index is 1210. The fraction of sp³-hybridized carbons (Fsp3) is 0.429. The van der Waals surface area contributed by atoms with Crippen LogP contribution in [0.15, 0.2) is 61.1 Å². The molecule has 0 bridgehead atoms. The number of hydrogen-bond donors (Lipinski definition) is 1. The fourth-order valence-corrected chi connectivity index (χ4v) is 4.33. The van der Waals surface area contributed by atoms with E-state index in [-0.39, 0.29) is 37.0 Å². The number of ether oxygens (including phenoxy) is 2. The standard InChI is InChI=1S/C28H31F2N5O3/c1-19(27(36)34-25-10-9-22(13-32-25)37-17-21-7-8-21)35-12-11-28(29,30)23(16-35)24-14-33-26(15-31-24)38-18-20-5-3-2-4-6-20/h2-6,9-10,13-15,19,21,23H,7-8,11-12,16-18H2,1H3,(H,32,34,36). The highest BCUT2D eigenvalue weighted by molar-refractivity contribution is 5.93. The van der Waals surface area contributed by atoms with Gasteiger partial charge in [0, 0.05) is 19.5 Å². The van der Waals surface area contributed by atoms with Crippen LogP contribution in [-0.2, 0) is 11.4 Å². The highest BCUT2D eigenvalue weighted by Gasteiger charge is 2.47. The van der Waals surface area contributed by atoms with Crippen LogP contribution in [0.2, 0.25) is 0 Å². The van der Waals surface area contributed by atoms with E-state index >= 15 is 0 Å². The highest BCUT2D eigenvalue weighted by atomic mass is 19.3. The molecule has 5 rings (SSSR count). The van der Waals surface area contributed by atoms with Crippen molar-refractivity contribution in [1.82, 2.24) is 19.9 Å². The SMILES string of the molecule is CC(C(=O)Nc1ccc(OCC2CC2)cn1)N1CCC(F)(F)C(c2cnc(OCc3ccccc3)cn2)C1. The molecule has 2 aromatic heterocycles. The van der Waals surface area contributed by atoms with Gasteiger partial charge < -0.3 is 14.8 Å². The van der Waals surface area contributed by atoms with Crippen molar-refractivity contribution in [2.75, 3.05) is 25.0 Å². The average Bonchev–Trinajstić information content (AvgIpc) is 3.77. The number of alkyl halides is 2. The molecule has 1 saturated carbocycles. The summed E-state index contributed by atoms with van der Waals surface area (Å²) in [5.74, 6) is -2.54. The molecule has 2 aliphatic rings. The number of piperidine rings is 1. The number of hydrogen-bond acceptors (Lipinski definition) is 7. The zero-order chi connectivity index (χ0) is 26.5. The summed E-state index contributed by atoms with van der Waals surface area (Å²) < 4.78 is 41.1. The van der Waals surface area contributed by atoms with Gasteiger partial charge in [-0.25, -0.2) is 18.7 Å². The summed E-state index contributed by atoms with van der Waals surface area (Å²) in [7, 11) is 0. The minimum atomic E-state index is -2.97. The first-order chi connectivity index (χ1) is 18.4. The van der Waals surface area contributed by atoms with E-state index < -0.39 is 17.9 Å². The number of aromatic nitrogens is 3. The topological polar surface area (TPSA) is 89.5 Å². The Kier molecular flexibility index (Phi) is 7.78. The third-order valence-corrected chi connectivity index (χ3v) is 6.99. The number of carbonyl (C=O) groups is 1. The van der Waals surface area contributed by atoms with E-state index in [4.69, 9.17) is 9.47 Å². The fourth-order valence-electron chi connectivity index (χ4n) is 4.33. The molecule has 2 unspecified atom stereocenters. The van der Waals surface area contributed by atoms with Crippen molar-refractivity contribution in [3.63, 3.8) is 0 Å². The molecule has 8 nitrogen and oxygen atoms in total. The number of likely N-dealkylation sites (tertiary alicyclic amines) is 1. The molecule has 1 aromatic carbocycles. The molecule has 2 fully saturated rings. The Morgan fingerprint density at radius 3 is 2.58 bits per heavy atom. The van der Waals surface area contributed by atoms with Crippen molar-refractivity contribution in [3.8, 4) is 11.6 Å². The van der Waals surface area contributed by atoms with Crippen molar-refractivity contribution in [2.45, 2.75) is 50.7 Å². The Labute approximate surface area is 220 Å². The highest BCUT2D eigenvalue weighted by Crippen LogP contribution is 2.40. The van der Waals surface area contributed by atoms with Gasteiger partial charge in [-0.1, -0.05) is 30.3 Å². The monoisotopic (exact) mass is 523 g/mol. The number of nitrogens with one attached hydrogen (secondary N) is 1. The van der Waals surface area contributed by atoms with E-state index in [0.29, 0.717) is 30.7 Å². The first kappa shape index (κ1) is 26.0. The lowest BCUT2D eigenvalue weighted by Crippen LogP contribution is -2.52. The van der Waals surface area contributed by atoms with Crippen LogP contribution in [0.5, 0.6) is 11.6 Å². The molecule has 3 aromatic rings. The Hall–Kier alpha value is -3.66. The van der Waals surface area contributed by atoms with Crippen LogP contribution in [0.1, 0.15) is 43.4 Å². The number of rotatable bonds is 10. The van der Waals surface area contributed by atoms with Gasteiger partial charge in [0.25, 0.3) is 5.92 Å². The van der Waals surface area contributed by atoms with Gasteiger partial charge in [0.15, 0.2) is 0 Å². The number of halogens is 2. The first-order valence-corrected chi connectivity index (χ1v) is 12.9. The minimum Gasteiger partial charge on any atom is -0.492 e. The maximum Gasteiger partial charge on any atom is 0.258 e. The van der Waals surface area contributed by atoms with Crippen molar-refractivity contribution in [3.05, 3.63) is 72.3 Å². The van der Waals surface area contributed by atoms with E-state index in [0.717, 1.165) is 5.56 Å². The van der Waals surface area contributed by atoms with E-state index in [1.807, 2.05) is 30.3 Å². The van der Waals surface area contributed by atoms with Gasteiger partial charge in [-0.3, -0.25) is 14.7 Å². The second-order valence-corrected chi connectivity index (χ2v) is 9.91. The summed E-state index contributed by atoms with van der Waals surface area (Å²) in [5.41, 5.74) is 1.14. The number of amides is 1. The summed E-state index contributed by atoms with van der Waals surface area (Å²) >= 11 is 0. The average molecular weight is 524 g/mol. The molecule has 1 saturated heterocycles. The van der Waals surface area contributed by atoms with Crippen LogP contribution in [0.3, 0.4) is 0 Å². The molecular weight excluding hydrogens is 492 g/mol. The van der Waals surface area contributed by atoms with E-state index in [9.17, 15) is 13.6 Å². The maximum atomic E-state index is 14.9. The summed E-state index contributed by atoms with van der Waals surface area (Å²) in [4.78, 5) is 27.3. The number of carbonyl (C=O) groups excluding carboxylic acids is 1. The molecule has 1 aliphatic heterocycles. The Morgan fingerprint density at radius 2 is 1.89 bits per heavy atom. The summed E-state index contributed by atoms with van der Waals surface area (Å²) in [5, 5.41) is 2.77. The van der Waals surface area contributed by atoms with E-state index in [1.165, 1.54) is 25.2 Å². The first-order valence-electron chi connectivity index (χ1n) is 12.9. The second-order valence-electron chi connectivity index (χ2n) is 9.91. The lowest BCUT2D eigenvalue weighted by atomic mass is 9.90. The lowest BCUT2D eigenvalue weighted by Gasteiger charge is -2.40. The predicted octanol–water partition coefficient (Wildman–Crippen LogP) is 4.69. The van der Waals surface area contributed by atoms with Gasteiger partial charge in [0.2, 0.25) is 11.8 Å². The summed E-state index contributed by atoms with van der Waals surface area (Å²) in [6.07, 6.45) is 6.30. The molecule has 2 atom stereocenters. The van der Waals surface area contributed by atoms with Crippen LogP contribution >= 0.6 is 0 Å². The Balaban J connectivity index is 1.17. The molecule has 38 heavy (non-hydrogen) atoms. The van der Waals surface area contributed by atoms with Gasteiger partial charge in [-0.2, -0.15) is 0 Å². The molecular formula is C28H31F2N5O3. The smallest absolute Gasteiger partial charge is 0.258 e. The van der Waals surface area contributed by atoms with Gasteiger partial charge >= 0.3 is 0 Å². The third kappa shape index (κ3) is 6.61. The number of pyridine rings is 1. The third-order valence-electron chi connectivity index (χ3n) is 6.99. The summed E-state index contributed by atoms with van der Waals surface area (Å²) in [6, 6.07) is 12.4. The molecule has 200 valence electrons. The van der Waals surface area contributed by atoms with Gasteiger partial charge in [-0.15, -0.1) is 0 Å². The molecule has 10 heteroatoms. The second kappa shape index (κ2) is 11.4. The summed E-state index contributed by atoms with van der Waals surface area (Å²) in [6.45, 7) is 2.75. The van der Waals surface area contributed by atoms with Crippen LogP contribution in [0, 0.1) is 5.92 Å². The van der Waals surface area contributed by atoms with E-state index in [2.05, 4.69) is 20.3 Å². The van der Waals surface area contributed by atoms with Gasteiger partial charge in [-0.05, 0) is 43.4 Å². The molecule has 0 radical (unpaired) electrons. The van der Waals surface area contributed by atoms with Crippen LogP contribution in [-0.4, -0.2) is 57.4 Å². The normalized spacial score (nSPS) is 19.9. The van der Waals surface area contributed by atoms with Crippen LogP contribution < -0.4 is 14.8 Å². The van der Waals surface area contributed by atoms with Crippen LogP contribution in [0.25, 0.3) is 0 Å². The largest absolute Gasteiger partial charge is 0.492 e. The van der Waals surface area contributed by atoms with Crippen LogP contribution in [0.4, 0.5) is 14.6 Å². The molecule has 0 spiro atoms.